The number of nitrogens with one attached hydrogen (secondary N) is 1. The van der Waals surface area contributed by atoms with E-state index < -0.39 is 35.8 Å². The van der Waals surface area contributed by atoms with Gasteiger partial charge in [-0.2, -0.15) is 0 Å². The Bertz CT molecular complexity index is 893. The largest absolute Gasteiger partial charge is 0.444 e. The summed E-state index contributed by atoms with van der Waals surface area (Å²) in [7, 11) is 0. The van der Waals surface area contributed by atoms with Crippen LogP contribution in [-0.4, -0.2) is 40.7 Å². The number of nitrogens with zero attached hydrogens (tertiary/aromatic N) is 1. The third kappa shape index (κ3) is 5.59. The number of hydrogen-bond donors (Lipinski definition) is 1. The van der Waals surface area contributed by atoms with E-state index in [9.17, 15) is 14.4 Å². The summed E-state index contributed by atoms with van der Waals surface area (Å²) in [5, 5.41) is 2.77. The molecule has 2 amide bonds. The second kappa shape index (κ2) is 8.98. The Morgan fingerprint density at radius 2 is 1.60 bits per heavy atom. The first-order valence-electron chi connectivity index (χ1n) is 9.82. The molecule has 0 aromatic heterocycles. The van der Waals surface area contributed by atoms with E-state index in [1.165, 1.54) is 4.90 Å². The molecular weight excluding hydrogens is 384 g/mol. The van der Waals surface area contributed by atoms with Crippen LogP contribution in [-0.2, 0) is 27.2 Å². The van der Waals surface area contributed by atoms with Crippen LogP contribution in [0.1, 0.15) is 31.9 Å². The van der Waals surface area contributed by atoms with Gasteiger partial charge in [0.1, 0.15) is 5.60 Å². The van der Waals surface area contributed by atoms with Gasteiger partial charge < -0.3 is 14.8 Å². The summed E-state index contributed by atoms with van der Waals surface area (Å²) < 4.78 is 10.3. The predicted octanol–water partition coefficient (Wildman–Crippen LogP) is 3.67. The lowest BCUT2D eigenvalue weighted by Gasteiger charge is -2.29. The first-order chi connectivity index (χ1) is 14.2. The molecule has 0 radical (unpaired) electrons. The highest BCUT2D eigenvalue weighted by Crippen LogP contribution is 2.23. The molecule has 3 rings (SSSR count). The van der Waals surface area contributed by atoms with Crippen molar-refractivity contribution in [3.8, 4) is 0 Å². The van der Waals surface area contributed by atoms with Crippen LogP contribution in [0.2, 0.25) is 0 Å². The second-order valence-corrected chi connectivity index (χ2v) is 8.19. The van der Waals surface area contributed by atoms with Gasteiger partial charge in [-0.3, -0.25) is 4.90 Å². The molecule has 7 nitrogen and oxygen atoms in total. The Balaban J connectivity index is 1.87. The smallest absolute Gasteiger partial charge is 0.418 e. The molecule has 0 spiro atoms. The van der Waals surface area contributed by atoms with Gasteiger partial charge in [-0.15, -0.1) is 0 Å². The molecule has 0 unspecified atom stereocenters. The Morgan fingerprint density at radius 3 is 2.17 bits per heavy atom. The van der Waals surface area contributed by atoms with Crippen molar-refractivity contribution in [3.05, 3.63) is 71.8 Å². The minimum Gasteiger partial charge on any atom is -0.444 e. The molecule has 1 heterocycles. The number of carbonyl (C=O) groups excluding carboxylic acids is 3. The average molecular weight is 410 g/mol. The van der Waals surface area contributed by atoms with Crippen molar-refractivity contribution in [1.29, 1.82) is 0 Å². The number of esters is 1. The van der Waals surface area contributed by atoms with E-state index in [-0.39, 0.29) is 6.54 Å². The van der Waals surface area contributed by atoms with Crippen molar-refractivity contribution < 1.29 is 23.9 Å². The summed E-state index contributed by atoms with van der Waals surface area (Å²) in [6.07, 6.45) is -1.05. The Labute approximate surface area is 176 Å². The molecule has 7 heteroatoms. The fourth-order valence-electron chi connectivity index (χ4n) is 3.34. The van der Waals surface area contributed by atoms with Crippen molar-refractivity contribution >= 4 is 18.2 Å². The summed E-state index contributed by atoms with van der Waals surface area (Å²) >= 11 is 0. The van der Waals surface area contributed by atoms with Crippen molar-refractivity contribution in [2.75, 3.05) is 0 Å². The maximum atomic E-state index is 12.6. The lowest BCUT2D eigenvalue weighted by atomic mass is 9.98. The molecule has 0 saturated carbocycles. The third-order valence-corrected chi connectivity index (χ3v) is 4.58. The summed E-state index contributed by atoms with van der Waals surface area (Å²) in [5.41, 5.74) is 1.06. The third-order valence-electron chi connectivity index (χ3n) is 4.58. The number of benzene rings is 2. The lowest BCUT2D eigenvalue weighted by molar-refractivity contribution is -0.136. The van der Waals surface area contributed by atoms with E-state index in [0.717, 1.165) is 11.1 Å². The topological polar surface area (TPSA) is 84.9 Å². The minimum absolute atomic E-state index is 0.192. The zero-order chi connectivity index (χ0) is 21.7. The van der Waals surface area contributed by atoms with E-state index in [2.05, 4.69) is 5.32 Å². The van der Waals surface area contributed by atoms with Crippen molar-refractivity contribution in [1.82, 2.24) is 10.2 Å². The molecule has 2 aromatic rings. The highest BCUT2D eigenvalue weighted by Gasteiger charge is 2.46. The maximum Gasteiger partial charge on any atom is 0.418 e. The van der Waals surface area contributed by atoms with Crippen LogP contribution in [0.3, 0.4) is 0 Å². The van der Waals surface area contributed by atoms with Gasteiger partial charge in [0.2, 0.25) is 0 Å². The number of rotatable bonds is 6. The van der Waals surface area contributed by atoms with Crippen molar-refractivity contribution in [2.24, 2.45) is 0 Å². The summed E-state index contributed by atoms with van der Waals surface area (Å²) in [5.74, 6) is -0.687. The standard InChI is InChI=1S/C23H26N2O5/c1-23(2,3)30-21(27)24-18(14-16-10-6-4-7-11-16)19-20(26)29-22(28)25(19)15-17-12-8-5-9-13-17/h4-13,18-19H,14-15H2,1-3H3,(H,24,27)/t18-,19+/m0/s1. The molecule has 0 aliphatic carbocycles. The second-order valence-electron chi connectivity index (χ2n) is 8.19. The first kappa shape index (κ1) is 21.4. The Hall–Kier alpha value is -3.35. The zero-order valence-corrected chi connectivity index (χ0v) is 17.3. The fraction of sp³-hybridized carbons (Fsp3) is 0.348. The van der Waals surface area contributed by atoms with Crippen LogP contribution >= 0.6 is 0 Å². The Morgan fingerprint density at radius 1 is 1.03 bits per heavy atom. The van der Waals surface area contributed by atoms with Crippen molar-refractivity contribution in [3.63, 3.8) is 0 Å². The van der Waals surface area contributed by atoms with E-state index >= 15 is 0 Å². The molecular formula is C23H26N2O5. The van der Waals surface area contributed by atoms with Crippen LogP contribution in [0.25, 0.3) is 0 Å². The van der Waals surface area contributed by atoms with Gasteiger partial charge in [0.15, 0.2) is 6.04 Å². The molecule has 1 saturated heterocycles. The molecule has 158 valence electrons. The van der Waals surface area contributed by atoms with E-state index in [1.807, 2.05) is 60.7 Å². The van der Waals surface area contributed by atoms with Gasteiger partial charge in [-0.1, -0.05) is 60.7 Å². The highest BCUT2D eigenvalue weighted by atomic mass is 16.6. The minimum atomic E-state index is -0.967. The zero-order valence-electron chi connectivity index (χ0n) is 17.3. The van der Waals surface area contributed by atoms with E-state index in [4.69, 9.17) is 9.47 Å². The van der Waals surface area contributed by atoms with E-state index in [1.54, 1.807) is 20.8 Å². The number of ether oxygens (including phenoxy) is 2. The number of cyclic esters (lactones) is 2. The van der Waals surface area contributed by atoms with Crippen LogP contribution in [0.4, 0.5) is 9.59 Å². The van der Waals surface area contributed by atoms with Crippen molar-refractivity contribution in [2.45, 2.75) is 51.4 Å². The van der Waals surface area contributed by atoms with Crippen LogP contribution in [0.5, 0.6) is 0 Å². The lowest BCUT2D eigenvalue weighted by Crippen LogP contribution is -2.54. The molecule has 1 aliphatic heterocycles. The maximum absolute atomic E-state index is 12.6. The van der Waals surface area contributed by atoms with Crippen LogP contribution in [0.15, 0.2) is 60.7 Å². The molecule has 30 heavy (non-hydrogen) atoms. The van der Waals surface area contributed by atoms with Gasteiger partial charge >= 0.3 is 18.2 Å². The molecule has 1 aliphatic rings. The van der Waals surface area contributed by atoms with Gasteiger partial charge in [0.05, 0.1) is 12.6 Å². The number of hydrogen-bond acceptors (Lipinski definition) is 5. The molecule has 2 aromatic carbocycles. The molecule has 2 atom stereocenters. The van der Waals surface area contributed by atoms with Gasteiger partial charge in [0.25, 0.3) is 0 Å². The van der Waals surface area contributed by atoms with Gasteiger partial charge in [0, 0.05) is 0 Å². The van der Waals surface area contributed by atoms with Gasteiger partial charge in [-0.25, -0.2) is 14.4 Å². The SMILES string of the molecule is CC(C)(C)OC(=O)N[C@@H](Cc1ccccc1)[C@@H]1C(=O)OC(=O)N1Cc1ccccc1. The summed E-state index contributed by atoms with van der Waals surface area (Å²) in [6.45, 7) is 5.47. The fourth-order valence-corrected chi connectivity index (χ4v) is 3.34. The van der Waals surface area contributed by atoms with E-state index in [0.29, 0.717) is 6.42 Å². The number of alkyl carbamates (subject to hydrolysis) is 1. The molecule has 1 N–H and O–H groups in total. The first-order valence-corrected chi connectivity index (χ1v) is 9.82. The normalized spacial score (nSPS) is 17.4. The average Bonchev–Trinajstić information content (AvgIpc) is 2.94. The summed E-state index contributed by atoms with van der Waals surface area (Å²) in [6, 6.07) is 17.0. The molecule has 1 fully saturated rings. The molecule has 0 bridgehead atoms. The Kier molecular flexibility index (Phi) is 6.40. The number of carbonyl (C=O) groups is 3. The quantitative estimate of drug-likeness (QED) is 0.580. The highest BCUT2D eigenvalue weighted by molar-refractivity contribution is 5.96. The van der Waals surface area contributed by atoms with Crippen LogP contribution < -0.4 is 5.32 Å². The van der Waals surface area contributed by atoms with Crippen LogP contribution in [0, 0.1) is 0 Å². The summed E-state index contributed by atoms with van der Waals surface area (Å²) in [4.78, 5) is 38.8. The van der Waals surface area contributed by atoms with Gasteiger partial charge in [-0.05, 0) is 38.3 Å². The monoisotopic (exact) mass is 410 g/mol. The number of amides is 2. The predicted molar refractivity (Wildman–Crippen MR) is 111 cm³/mol.